The van der Waals surface area contributed by atoms with Crippen molar-refractivity contribution in [3.05, 3.63) is 441 Å². The van der Waals surface area contributed by atoms with Gasteiger partial charge in [0.2, 0.25) is 0 Å². The van der Waals surface area contributed by atoms with Gasteiger partial charge in [0.05, 0.1) is 23.5 Å². The van der Waals surface area contributed by atoms with Crippen molar-refractivity contribution in [2.45, 2.75) is 85.0 Å². The maximum atomic E-state index is 11.8. The molecule has 0 saturated carbocycles. The summed E-state index contributed by atoms with van der Waals surface area (Å²) in [6, 6.07) is 115. The van der Waals surface area contributed by atoms with E-state index in [0.29, 0.717) is 36.0 Å². The second kappa shape index (κ2) is 40.8. The van der Waals surface area contributed by atoms with Gasteiger partial charge in [0, 0.05) is 53.2 Å². The van der Waals surface area contributed by atoms with E-state index in [1.807, 2.05) is 121 Å². The number of aliphatic carboxylic acids is 1. The number of halogens is 1. The molecule has 8 nitrogen and oxygen atoms in total. The first kappa shape index (κ1) is 78.2. The van der Waals surface area contributed by atoms with E-state index in [4.69, 9.17) is 34.3 Å². The maximum absolute atomic E-state index is 11.8. The molecule has 17 rings (SSSR count). The number of aliphatic hydroxyl groups excluding tert-OH is 1. The van der Waals surface area contributed by atoms with Crippen LogP contribution in [0.25, 0.3) is 6.08 Å². The Morgan fingerprint density at radius 3 is 1.18 bits per heavy atom. The van der Waals surface area contributed by atoms with Crippen molar-refractivity contribution in [1.82, 2.24) is 0 Å². The first-order valence-electron chi connectivity index (χ1n) is 34.9. The van der Waals surface area contributed by atoms with Crippen LogP contribution in [0.15, 0.2) is 340 Å². The Kier molecular flexibility index (Phi) is 30.6. The zero-order valence-electron chi connectivity index (χ0n) is 58.4. The summed E-state index contributed by atoms with van der Waals surface area (Å²) in [7, 11) is 0. The quantitative estimate of drug-likeness (QED) is 0.0422. The number of rotatable bonds is 9. The Bertz CT molecular complexity index is 4640. The summed E-state index contributed by atoms with van der Waals surface area (Å²) in [6.07, 6.45) is 7.72. The van der Waals surface area contributed by atoms with Gasteiger partial charge in [-0.05, 0) is 128 Å². The predicted octanol–water partition coefficient (Wildman–Crippen LogP) is 18.6. The van der Waals surface area contributed by atoms with Crippen LogP contribution in [0.2, 0.25) is 0 Å². The smallest absolute Gasteiger partial charge is 0.512 e. The van der Waals surface area contributed by atoms with E-state index in [2.05, 4.69) is 206 Å². The molecule has 5 aliphatic rings. The van der Waals surface area contributed by atoms with Crippen LogP contribution in [0.4, 0.5) is 0 Å². The van der Waals surface area contributed by atoms with Crippen molar-refractivity contribution in [1.29, 1.82) is 10.5 Å². The van der Waals surface area contributed by atoms with Crippen LogP contribution in [0.5, 0.6) is 0 Å². The van der Waals surface area contributed by atoms with Crippen molar-refractivity contribution in [2.75, 3.05) is 6.54 Å². The van der Waals surface area contributed by atoms with Gasteiger partial charge in [-0.2, -0.15) is 5.26 Å². The third kappa shape index (κ3) is 20.7. The van der Waals surface area contributed by atoms with Crippen LogP contribution >= 0.6 is 11.6 Å². The molecule has 0 fully saturated rings. The number of nitrogens with two attached hydrogens (primary N) is 1. The largest absolute Gasteiger partial charge is 1.00 e. The summed E-state index contributed by atoms with van der Waals surface area (Å²) in [5.41, 5.74) is 26.8. The summed E-state index contributed by atoms with van der Waals surface area (Å²) in [4.78, 5) is 31.9. The van der Waals surface area contributed by atoms with Crippen molar-refractivity contribution >= 4 is 35.7 Å². The Morgan fingerprint density at radius 2 is 0.750 bits per heavy atom. The molecular formula is C94H83ClKN3O5. The number of carboxylic acids is 1. The normalized spacial score (nSPS) is 18.9. The Labute approximate surface area is 660 Å². The topological polar surface area (TPSA) is 165 Å². The van der Waals surface area contributed by atoms with Crippen molar-refractivity contribution < 1.29 is 76.0 Å². The number of Topliss-reactive ketones (excluding diaryl/α,β-unsaturated/α-hetero) is 1. The van der Waals surface area contributed by atoms with E-state index in [-0.39, 0.29) is 80.5 Å². The molecule has 0 bridgehead atoms. The molecule has 10 heteroatoms. The van der Waals surface area contributed by atoms with Gasteiger partial charge >= 0.3 is 57.4 Å². The van der Waals surface area contributed by atoms with Gasteiger partial charge in [-0.15, -0.1) is 11.6 Å². The number of fused-ring (bicyclic) bond motifs is 5. The molecule has 9 atom stereocenters. The van der Waals surface area contributed by atoms with Crippen LogP contribution in [0.3, 0.4) is 0 Å². The number of aldehydes is 1. The fourth-order valence-electron chi connectivity index (χ4n) is 14.6. The maximum Gasteiger partial charge on any atom is 1.00 e. The number of aliphatic hydroxyl groups is 1. The predicted molar refractivity (Wildman–Crippen MR) is 415 cm³/mol. The van der Waals surface area contributed by atoms with E-state index in [1.54, 1.807) is 18.2 Å². The molecular weight excluding hydrogens is 1330 g/mol. The number of ketones is 1. The average Bonchev–Trinajstić information content (AvgIpc) is 1.68. The van der Waals surface area contributed by atoms with Crippen LogP contribution < -0.4 is 57.1 Å². The van der Waals surface area contributed by atoms with Crippen LogP contribution in [-0.4, -0.2) is 34.8 Å². The molecule has 0 spiro atoms. The minimum absolute atomic E-state index is 0. The van der Waals surface area contributed by atoms with Crippen LogP contribution in [0, 0.1) is 23.2 Å². The Morgan fingerprint density at radius 1 is 0.423 bits per heavy atom. The number of carbonyl (C=O) groups is 3. The number of nitrogens with zero attached hydrogens (tertiary/aromatic N) is 2. The fraction of sp³-hybridized carbons (Fsp3) is 0.160. The first-order chi connectivity index (χ1) is 50.6. The van der Waals surface area contributed by atoms with E-state index in [0.717, 1.165) is 66.8 Å². The molecule has 12 aromatic carbocycles. The molecule has 5 aliphatic carbocycles. The molecule has 0 aromatic heterocycles. The molecule has 0 aliphatic heterocycles. The van der Waals surface area contributed by atoms with Gasteiger partial charge in [-0.3, -0.25) is 9.59 Å². The molecule has 0 heterocycles. The molecule has 512 valence electrons. The first-order valence-corrected chi connectivity index (χ1v) is 35.4. The van der Waals surface area contributed by atoms with Crippen molar-refractivity contribution in [3.8, 4) is 6.07 Å². The summed E-state index contributed by atoms with van der Waals surface area (Å²) in [6.45, 7) is 5.50. The molecule has 4 N–H and O–H groups in total. The molecule has 0 saturated heterocycles. The van der Waals surface area contributed by atoms with Gasteiger partial charge in [0.1, 0.15) is 6.29 Å². The number of nitriles is 1. The summed E-state index contributed by atoms with van der Waals surface area (Å²) < 4.78 is 0. The van der Waals surface area contributed by atoms with E-state index in [9.17, 15) is 24.8 Å². The Hall–Kier alpha value is -9.98. The van der Waals surface area contributed by atoms with Crippen molar-refractivity contribution in [2.24, 2.45) is 5.73 Å². The molecule has 0 amide bonds. The zero-order chi connectivity index (χ0) is 72.1. The van der Waals surface area contributed by atoms with Gasteiger partial charge in [0.15, 0.2) is 5.78 Å². The minimum atomic E-state index is -0.922. The minimum Gasteiger partial charge on any atom is -0.512 e. The van der Waals surface area contributed by atoms with Crippen LogP contribution in [-0.2, 0) is 4.79 Å². The second-order valence-electron chi connectivity index (χ2n) is 25.7. The summed E-state index contributed by atoms with van der Waals surface area (Å²) in [5.74, 6) is 1.92. The summed E-state index contributed by atoms with van der Waals surface area (Å²) in [5, 5.41) is 33.9. The van der Waals surface area contributed by atoms with Crippen molar-refractivity contribution in [3.63, 3.8) is 0 Å². The van der Waals surface area contributed by atoms with E-state index in [1.165, 1.54) is 72.3 Å². The third-order valence-electron chi connectivity index (χ3n) is 19.5. The number of carbonyl (C=O) groups excluding carboxylic acids is 2. The Balaban J connectivity index is 0.000000141. The SMILES string of the molecule is ClC1CC(c2ccccc2)c2ccccc21.N#CC1CC(c2ccccc2)c2ccccc21.NCC1CC(c2ccccc2)c2ccccc21.O=C(O)/C=C/c1ccccc1.O=C1CC(c2ccccc2)c2ccccc21.O=Cc1ccccc1.OC1CC(c2ccccc2)c2ccccc21.[C-]#N.[K+]. The molecule has 104 heavy (non-hydrogen) atoms. The average molecular weight is 1410 g/mol. The standard InChI is InChI=1S/C16H17N.C16H13N.C15H13Cl.C15H14O.C15H12O.C9H8O2.C7H6O.CN.K/c2*17-11-13-10-16(12-6-2-1-3-7-12)15-9-5-4-8-14(13)15;3*16-15-10-14(11-6-2-1-3-7-11)12-8-4-5-9-13(12)15;10-9(11)7-6-8-4-2-1-3-5-8;8-6-7-4-2-1-3-5-7;1-2;/h1-9,13,16H,10-11,17H2;1-9,13,16H,10H2;1-9,14-15H,10H2;1-9,14-16H,10H2;1-9,14H,10H2;1-7H,(H,10,11);1-6H;;/q;;;;;;;-1;+1/b;;;;;7-6+;;;. The fourth-order valence-corrected chi connectivity index (χ4v) is 15.0. The number of hydrogen-bond donors (Lipinski definition) is 3. The van der Waals surface area contributed by atoms with E-state index >= 15 is 0 Å². The number of hydrogen-bond acceptors (Lipinski definition) is 7. The number of benzene rings is 12. The van der Waals surface area contributed by atoms with E-state index < -0.39 is 5.97 Å². The zero-order valence-corrected chi connectivity index (χ0v) is 62.3. The van der Waals surface area contributed by atoms with Gasteiger partial charge in [-0.25, -0.2) is 4.79 Å². The number of alkyl halides is 1. The molecule has 0 radical (unpaired) electrons. The van der Waals surface area contributed by atoms with Gasteiger partial charge < -0.3 is 27.8 Å². The van der Waals surface area contributed by atoms with Crippen LogP contribution in [0.1, 0.15) is 189 Å². The second-order valence-corrected chi connectivity index (χ2v) is 26.2. The van der Waals surface area contributed by atoms with Gasteiger partial charge in [0.25, 0.3) is 0 Å². The van der Waals surface area contributed by atoms with Gasteiger partial charge in [-0.1, -0.05) is 334 Å². The monoisotopic (exact) mass is 1410 g/mol. The summed E-state index contributed by atoms with van der Waals surface area (Å²) >= 11 is 6.39. The third-order valence-corrected chi connectivity index (χ3v) is 19.9. The number of carboxylic acid groups (broad SMARTS) is 1. The molecule has 12 aromatic rings. The molecule has 9 unspecified atom stereocenters.